The summed E-state index contributed by atoms with van der Waals surface area (Å²) in [7, 11) is 0. The van der Waals surface area contributed by atoms with Crippen LogP contribution in [0.3, 0.4) is 0 Å². The van der Waals surface area contributed by atoms with Crippen LogP contribution in [-0.2, 0) is 6.54 Å². The molecule has 0 spiro atoms. The van der Waals surface area contributed by atoms with E-state index in [1.165, 1.54) is 12.1 Å². The van der Waals surface area contributed by atoms with Crippen LogP contribution in [0.15, 0.2) is 30.6 Å². The van der Waals surface area contributed by atoms with Crippen molar-refractivity contribution in [2.45, 2.75) is 25.6 Å². The lowest BCUT2D eigenvalue weighted by Crippen LogP contribution is -2.32. The number of hydrogen-bond donors (Lipinski definition) is 2. The van der Waals surface area contributed by atoms with Crippen LogP contribution in [0.4, 0.5) is 4.39 Å². The van der Waals surface area contributed by atoms with Gasteiger partial charge in [0.15, 0.2) is 0 Å². The zero-order valence-electron chi connectivity index (χ0n) is 11.4. The normalized spacial score (nSPS) is 14.1. The first-order valence-electron chi connectivity index (χ1n) is 6.50. The van der Waals surface area contributed by atoms with E-state index in [0.29, 0.717) is 23.7 Å². The average molecular weight is 332 g/mol. The van der Waals surface area contributed by atoms with E-state index in [9.17, 15) is 9.50 Å². The maximum absolute atomic E-state index is 13.5. The van der Waals surface area contributed by atoms with Crippen LogP contribution >= 0.6 is 23.2 Å². The van der Waals surface area contributed by atoms with Crippen LogP contribution < -0.4 is 5.32 Å². The van der Waals surface area contributed by atoms with Crippen molar-refractivity contribution in [3.05, 3.63) is 52.0 Å². The predicted molar refractivity (Wildman–Crippen MR) is 81.1 cm³/mol. The smallest absolute Gasteiger partial charge is 0.142 e. The summed E-state index contributed by atoms with van der Waals surface area (Å²) >= 11 is 11.7. The summed E-state index contributed by atoms with van der Waals surface area (Å²) in [5.41, 5.74) is 0.602. The van der Waals surface area contributed by atoms with Gasteiger partial charge in [-0.3, -0.25) is 4.68 Å². The molecule has 4 nitrogen and oxygen atoms in total. The maximum atomic E-state index is 13.5. The Morgan fingerprint density at radius 2 is 2.14 bits per heavy atom. The fourth-order valence-corrected chi connectivity index (χ4v) is 2.53. The largest absolute Gasteiger partial charge is 0.390 e. The second kappa shape index (κ2) is 7.22. The van der Waals surface area contributed by atoms with Crippen LogP contribution in [0, 0.1) is 5.82 Å². The van der Waals surface area contributed by atoms with Crippen molar-refractivity contribution in [3.63, 3.8) is 0 Å². The first-order chi connectivity index (χ1) is 9.97. The molecule has 0 aliphatic heterocycles. The number of halogens is 3. The number of nitrogens with one attached hydrogen (secondary N) is 1. The summed E-state index contributed by atoms with van der Waals surface area (Å²) in [5, 5.41) is 17.5. The van der Waals surface area contributed by atoms with Gasteiger partial charge in [0, 0.05) is 30.0 Å². The Balaban J connectivity index is 1.92. The Bertz CT molecular complexity index is 592. The molecule has 1 aromatic carbocycles. The van der Waals surface area contributed by atoms with Gasteiger partial charge in [0.1, 0.15) is 5.82 Å². The third-order valence-electron chi connectivity index (χ3n) is 3.12. The lowest BCUT2D eigenvalue weighted by atomic mass is 10.1. The Morgan fingerprint density at radius 3 is 2.81 bits per heavy atom. The molecule has 21 heavy (non-hydrogen) atoms. The van der Waals surface area contributed by atoms with E-state index in [2.05, 4.69) is 10.4 Å². The highest BCUT2D eigenvalue weighted by atomic mass is 35.5. The Kier molecular flexibility index (Phi) is 5.58. The van der Waals surface area contributed by atoms with Crippen LogP contribution in [0.1, 0.15) is 18.5 Å². The van der Waals surface area contributed by atoms with E-state index in [4.69, 9.17) is 23.2 Å². The number of benzene rings is 1. The van der Waals surface area contributed by atoms with Gasteiger partial charge in [0.05, 0.1) is 17.7 Å². The molecule has 2 rings (SSSR count). The first-order valence-corrected chi connectivity index (χ1v) is 7.26. The molecule has 2 N–H and O–H groups in total. The van der Waals surface area contributed by atoms with Crippen LogP contribution in [0.5, 0.6) is 0 Å². The quantitative estimate of drug-likeness (QED) is 0.800. The molecular weight excluding hydrogens is 316 g/mol. The van der Waals surface area contributed by atoms with Crippen molar-refractivity contribution in [1.82, 2.24) is 15.1 Å². The van der Waals surface area contributed by atoms with Crippen LogP contribution in [0.25, 0.3) is 0 Å². The van der Waals surface area contributed by atoms with Crippen molar-refractivity contribution in [1.29, 1.82) is 0 Å². The summed E-state index contributed by atoms with van der Waals surface area (Å²) in [5.74, 6) is -0.512. The fraction of sp³-hybridized carbons (Fsp3) is 0.357. The lowest BCUT2D eigenvalue weighted by Gasteiger charge is -2.19. The second-order valence-electron chi connectivity index (χ2n) is 4.80. The van der Waals surface area contributed by atoms with Gasteiger partial charge < -0.3 is 10.4 Å². The van der Waals surface area contributed by atoms with Gasteiger partial charge in [-0.05, 0) is 30.7 Å². The summed E-state index contributed by atoms with van der Waals surface area (Å²) < 4.78 is 15.1. The third-order valence-corrected chi connectivity index (χ3v) is 3.74. The van der Waals surface area contributed by atoms with Gasteiger partial charge in [-0.1, -0.05) is 23.2 Å². The van der Waals surface area contributed by atoms with Crippen molar-refractivity contribution in [2.75, 3.05) is 6.54 Å². The summed E-state index contributed by atoms with van der Waals surface area (Å²) in [4.78, 5) is 0. The van der Waals surface area contributed by atoms with Crippen molar-refractivity contribution < 1.29 is 9.50 Å². The van der Waals surface area contributed by atoms with Gasteiger partial charge in [-0.25, -0.2) is 4.39 Å². The molecule has 1 heterocycles. The number of nitrogens with zero attached hydrogens (tertiary/aromatic N) is 2. The lowest BCUT2D eigenvalue weighted by molar-refractivity contribution is 0.143. The molecule has 0 saturated carbocycles. The number of hydrogen-bond acceptors (Lipinski definition) is 3. The molecule has 0 aliphatic carbocycles. The highest BCUT2D eigenvalue weighted by Crippen LogP contribution is 2.28. The first kappa shape index (κ1) is 16.2. The Hall–Kier alpha value is -1.14. The monoisotopic (exact) mass is 331 g/mol. The summed E-state index contributed by atoms with van der Waals surface area (Å²) in [6.07, 6.45) is 2.82. The summed E-state index contributed by atoms with van der Waals surface area (Å²) in [6, 6.07) is 4.27. The Morgan fingerprint density at radius 1 is 1.38 bits per heavy atom. The standard InChI is InChI=1S/C14H16Cl2FN3O/c1-9(11-5-14(17)13(16)6-12(11)15)18-7-10(21)8-20-4-2-3-19-20/h2-6,9-10,18,21H,7-8H2,1H3. The molecule has 0 amide bonds. The molecule has 0 fully saturated rings. The molecule has 2 atom stereocenters. The predicted octanol–water partition coefficient (Wildman–Crippen LogP) is 3.04. The number of aliphatic hydroxyl groups is 1. The molecule has 0 saturated heterocycles. The van der Waals surface area contributed by atoms with Gasteiger partial charge >= 0.3 is 0 Å². The second-order valence-corrected chi connectivity index (χ2v) is 5.61. The minimum atomic E-state index is -0.608. The molecule has 2 unspecified atom stereocenters. The molecule has 7 heteroatoms. The van der Waals surface area contributed by atoms with Gasteiger partial charge in [0.2, 0.25) is 0 Å². The molecule has 0 aliphatic rings. The molecule has 0 bridgehead atoms. The van der Waals surface area contributed by atoms with Crippen LogP contribution in [0.2, 0.25) is 10.0 Å². The minimum absolute atomic E-state index is 0.00494. The van der Waals surface area contributed by atoms with E-state index in [0.717, 1.165) is 0 Å². The van der Waals surface area contributed by atoms with Crippen molar-refractivity contribution in [2.24, 2.45) is 0 Å². The van der Waals surface area contributed by atoms with Gasteiger partial charge in [0.25, 0.3) is 0 Å². The Labute approximate surface area is 132 Å². The van der Waals surface area contributed by atoms with E-state index in [1.807, 2.05) is 6.92 Å². The van der Waals surface area contributed by atoms with E-state index in [-0.39, 0.29) is 11.1 Å². The van der Waals surface area contributed by atoms with E-state index < -0.39 is 11.9 Å². The number of rotatable bonds is 6. The summed E-state index contributed by atoms with van der Waals surface area (Å²) in [6.45, 7) is 2.56. The van der Waals surface area contributed by atoms with E-state index in [1.54, 1.807) is 23.1 Å². The molecule has 114 valence electrons. The van der Waals surface area contributed by atoms with Gasteiger partial charge in [-0.2, -0.15) is 5.10 Å². The fourth-order valence-electron chi connectivity index (χ4n) is 1.98. The van der Waals surface area contributed by atoms with E-state index >= 15 is 0 Å². The highest BCUT2D eigenvalue weighted by molar-refractivity contribution is 6.35. The molecule has 1 aromatic heterocycles. The highest BCUT2D eigenvalue weighted by Gasteiger charge is 2.14. The molecule has 0 radical (unpaired) electrons. The average Bonchev–Trinajstić information content (AvgIpc) is 2.93. The molecule has 2 aromatic rings. The van der Waals surface area contributed by atoms with Crippen molar-refractivity contribution >= 4 is 23.2 Å². The van der Waals surface area contributed by atoms with Crippen LogP contribution in [-0.4, -0.2) is 27.5 Å². The zero-order chi connectivity index (χ0) is 15.4. The zero-order valence-corrected chi connectivity index (χ0v) is 12.9. The third kappa shape index (κ3) is 4.41. The SMILES string of the molecule is CC(NCC(O)Cn1cccn1)c1cc(F)c(Cl)cc1Cl. The minimum Gasteiger partial charge on any atom is -0.390 e. The van der Waals surface area contributed by atoms with Crippen molar-refractivity contribution in [3.8, 4) is 0 Å². The number of aromatic nitrogens is 2. The maximum Gasteiger partial charge on any atom is 0.142 e. The molecular formula is C14H16Cl2FN3O. The number of aliphatic hydroxyl groups excluding tert-OH is 1. The topological polar surface area (TPSA) is 50.1 Å². The van der Waals surface area contributed by atoms with Gasteiger partial charge in [-0.15, -0.1) is 0 Å².